The van der Waals surface area contributed by atoms with Crippen LogP contribution in [0, 0.1) is 0 Å². The summed E-state index contributed by atoms with van der Waals surface area (Å²) in [5.41, 5.74) is 4.06. The Morgan fingerprint density at radius 3 is 2.53 bits per heavy atom. The van der Waals surface area contributed by atoms with Crippen LogP contribution in [-0.4, -0.2) is 33.4 Å². The van der Waals surface area contributed by atoms with Gasteiger partial charge in [0.1, 0.15) is 12.4 Å². The molecule has 1 saturated carbocycles. The predicted octanol–water partition coefficient (Wildman–Crippen LogP) is 4.78. The smallest absolute Gasteiger partial charge is 0.214 e. The second-order valence-corrected chi connectivity index (χ2v) is 11.6. The largest absolute Gasteiger partial charge is 0.492 e. The number of halogens is 2. The molecule has 0 saturated heterocycles. The summed E-state index contributed by atoms with van der Waals surface area (Å²) in [7, 11) is -3.27. The molecule has 32 heavy (non-hydrogen) atoms. The zero-order valence-corrected chi connectivity index (χ0v) is 21.0. The van der Waals surface area contributed by atoms with E-state index in [0.29, 0.717) is 6.61 Å². The Balaban J connectivity index is 0.00000289. The van der Waals surface area contributed by atoms with Crippen LogP contribution >= 0.6 is 24.0 Å². The van der Waals surface area contributed by atoms with Crippen LogP contribution in [0.25, 0.3) is 0 Å². The van der Waals surface area contributed by atoms with E-state index in [0.717, 1.165) is 36.6 Å². The lowest BCUT2D eigenvalue weighted by Crippen LogP contribution is -2.49. The average molecular weight is 500 g/mol. The summed E-state index contributed by atoms with van der Waals surface area (Å²) in [5.74, 6) is 0.779. The first-order chi connectivity index (χ1) is 14.8. The molecule has 4 rings (SSSR count). The number of ether oxygens (including phenoxy) is 1. The lowest BCUT2D eigenvalue weighted by Gasteiger charge is -2.50. The van der Waals surface area contributed by atoms with Gasteiger partial charge in [-0.2, -0.15) is 0 Å². The summed E-state index contributed by atoms with van der Waals surface area (Å²) < 4.78 is 32.3. The monoisotopic (exact) mass is 498 g/mol. The Morgan fingerprint density at radius 1 is 1.19 bits per heavy atom. The zero-order chi connectivity index (χ0) is 22.1. The minimum absolute atomic E-state index is 0. The molecule has 0 radical (unpaired) electrons. The number of hydrogen-bond acceptors (Lipinski definition) is 4. The maximum Gasteiger partial charge on any atom is 0.214 e. The number of fused-ring (bicyclic) bond motifs is 1. The Kier molecular flexibility index (Phi) is 8.16. The number of sulfonamides is 1. The molecular weight excluding hydrogens is 467 g/mol. The quantitative estimate of drug-likeness (QED) is 0.514. The van der Waals surface area contributed by atoms with Crippen molar-refractivity contribution in [3.05, 3.63) is 64.2 Å². The first-order valence-electron chi connectivity index (χ1n) is 11.1. The number of rotatable bonds is 8. The van der Waals surface area contributed by atoms with Crippen molar-refractivity contribution in [1.29, 1.82) is 0 Å². The van der Waals surface area contributed by atoms with Gasteiger partial charge in [0.15, 0.2) is 0 Å². The van der Waals surface area contributed by atoms with Crippen molar-refractivity contribution in [2.75, 3.05) is 19.7 Å². The van der Waals surface area contributed by atoms with Gasteiger partial charge in [0, 0.05) is 23.0 Å². The minimum Gasteiger partial charge on any atom is -0.492 e. The van der Waals surface area contributed by atoms with Gasteiger partial charge in [-0.15, -0.1) is 12.4 Å². The van der Waals surface area contributed by atoms with E-state index in [4.69, 9.17) is 16.3 Å². The standard InChI is InChI=1S/C24H31ClN2O3S.ClH/c1-17(2)31(28,29)27-14-15-30-21-9-4-18-10-13-26-23(22(18)16-21)24(11-3-12-24)19-5-7-20(25)8-6-19;/h4-9,16-17,23,26-27H,3,10-15H2,1-2H3;1H. The van der Waals surface area contributed by atoms with Gasteiger partial charge in [0.2, 0.25) is 10.0 Å². The maximum atomic E-state index is 11.9. The predicted molar refractivity (Wildman–Crippen MR) is 133 cm³/mol. The molecule has 2 aliphatic rings. The fourth-order valence-electron chi connectivity index (χ4n) is 4.72. The second kappa shape index (κ2) is 10.3. The van der Waals surface area contributed by atoms with Crippen LogP contribution in [0.5, 0.6) is 5.75 Å². The molecule has 0 amide bonds. The van der Waals surface area contributed by atoms with Crippen LogP contribution in [0.3, 0.4) is 0 Å². The van der Waals surface area contributed by atoms with Crippen molar-refractivity contribution in [3.8, 4) is 5.75 Å². The van der Waals surface area contributed by atoms with Crippen LogP contribution in [0.2, 0.25) is 5.02 Å². The van der Waals surface area contributed by atoms with Gasteiger partial charge in [-0.05, 0) is 80.6 Å². The third-order valence-corrected chi connectivity index (χ3v) is 8.78. The van der Waals surface area contributed by atoms with E-state index in [1.807, 2.05) is 18.2 Å². The molecule has 5 nitrogen and oxygen atoms in total. The van der Waals surface area contributed by atoms with Crippen LogP contribution in [0.15, 0.2) is 42.5 Å². The Morgan fingerprint density at radius 2 is 1.91 bits per heavy atom. The maximum absolute atomic E-state index is 11.9. The van der Waals surface area contributed by atoms with Gasteiger partial charge in [0.25, 0.3) is 0 Å². The molecule has 1 heterocycles. The average Bonchev–Trinajstić information content (AvgIpc) is 2.72. The van der Waals surface area contributed by atoms with Crippen LogP contribution < -0.4 is 14.8 Å². The third-order valence-electron chi connectivity index (χ3n) is 6.68. The van der Waals surface area contributed by atoms with E-state index >= 15 is 0 Å². The van der Waals surface area contributed by atoms with Crippen LogP contribution in [0.1, 0.15) is 55.8 Å². The summed E-state index contributed by atoms with van der Waals surface area (Å²) in [4.78, 5) is 0. The van der Waals surface area contributed by atoms with E-state index in [9.17, 15) is 8.42 Å². The van der Waals surface area contributed by atoms with Crippen LogP contribution in [0.4, 0.5) is 0 Å². The molecule has 8 heteroatoms. The molecule has 2 aromatic rings. The Bertz CT molecular complexity index is 1020. The fraction of sp³-hybridized carbons (Fsp3) is 0.500. The van der Waals surface area contributed by atoms with Gasteiger partial charge in [-0.25, -0.2) is 13.1 Å². The molecular formula is C24H32Cl2N2O3S. The summed E-state index contributed by atoms with van der Waals surface area (Å²) in [5, 5.41) is 4.09. The zero-order valence-electron chi connectivity index (χ0n) is 18.6. The van der Waals surface area contributed by atoms with E-state index in [1.54, 1.807) is 13.8 Å². The molecule has 0 spiro atoms. The lowest BCUT2D eigenvalue weighted by atomic mass is 9.58. The first kappa shape index (κ1) is 25.3. The molecule has 2 aromatic carbocycles. The molecule has 1 atom stereocenters. The molecule has 1 aliphatic heterocycles. The summed E-state index contributed by atoms with van der Waals surface area (Å²) >= 11 is 6.14. The highest BCUT2D eigenvalue weighted by molar-refractivity contribution is 7.90. The number of nitrogens with one attached hydrogen (secondary N) is 2. The summed E-state index contributed by atoms with van der Waals surface area (Å²) in [6.07, 6.45) is 4.51. The normalized spacial score (nSPS) is 19.6. The van der Waals surface area contributed by atoms with Crippen molar-refractivity contribution >= 4 is 34.0 Å². The Hall–Kier alpha value is -1.31. The second-order valence-electron chi connectivity index (χ2n) is 8.85. The molecule has 0 bridgehead atoms. The highest BCUT2D eigenvalue weighted by Crippen LogP contribution is 2.53. The molecule has 0 aromatic heterocycles. The van der Waals surface area contributed by atoms with E-state index in [-0.39, 0.29) is 30.4 Å². The number of benzene rings is 2. The SMILES string of the molecule is CC(C)S(=O)(=O)NCCOc1ccc2c(c1)C(C1(c3ccc(Cl)cc3)CCC1)NCC2.Cl. The van der Waals surface area contributed by atoms with Gasteiger partial charge < -0.3 is 10.1 Å². The Labute approximate surface area is 202 Å². The molecule has 1 fully saturated rings. The van der Waals surface area contributed by atoms with Gasteiger partial charge in [-0.3, -0.25) is 0 Å². The van der Waals surface area contributed by atoms with Gasteiger partial charge >= 0.3 is 0 Å². The minimum atomic E-state index is -3.27. The molecule has 176 valence electrons. The molecule has 1 aliphatic carbocycles. The lowest BCUT2D eigenvalue weighted by molar-refractivity contribution is 0.164. The van der Waals surface area contributed by atoms with E-state index < -0.39 is 15.3 Å². The first-order valence-corrected chi connectivity index (χ1v) is 13.0. The van der Waals surface area contributed by atoms with Crippen molar-refractivity contribution < 1.29 is 13.2 Å². The van der Waals surface area contributed by atoms with Crippen molar-refractivity contribution in [2.45, 2.75) is 56.2 Å². The third kappa shape index (κ3) is 5.10. The van der Waals surface area contributed by atoms with Crippen molar-refractivity contribution in [3.63, 3.8) is 0 Å². The van der Waals surface area contributed by atoms with Gasteiger partial charge in [0.05, 0.1) is 5.25 Å². The topological polar surface area (TPSA) is 67.4 Å². The van der Waals surface area contributed by atoms with Gasteiger partial charge in [-0.1, -0.05) is 36.2 Å². The highest BCUT2D eigenvalue weighted by Gasteiger charge is 2.47. The summed E-state index contributed by atoms with van der Waals surface area (Å²) in [6, 6.07) is 14.8. The van der Waals surface area contributed by atoms with E-state index in [1.165, 1.54) is 23.1 Å². The molecule has 1 unspecified atom stereocenters. The number of hydrogen-bond donors (Lipinski definition) is 2. The van der Waals surface area contributed by atoms with Crippen molar-refractivity contribution in [1.82, 2.24) is 10.0 Å². The van der Waals surface area contributed by atoms with Crippen LogP contribution in [-0.2, 0) is 21.9 Å². The van der Waals surface area contributed by atoms with Crippen molar-refractivity contribution in [2.24, 2.45) is 0 Å². The fourth-order valence-corrected chi connectivity index (χ4v) is 5.54. The van der Waals surface area contributed by atoms with E-state index in [2.05, 4.69) is 34.3 Å². The molecule has 2 N–H and O–H groups in total. The summed E-state index contributed by atoms with van der Waals surface area (Å²) in [6.45, 7) is 4.84. The highest BCUT2D eigenvalue weighted by atomic mass is 35.5.